The van der Waals surface area contributed by atoms with Crippen molar-refractivity contribution < 1.29 is 19.4 Å². The summed E-state index contributed by atoms with van der Waals surface area (Å²) in [6, 6.07) is 7.84. The van der Waals surface area contributed by atoms with Crippen LogP contribution < -0.4 is 4.74 Å². The number of methoxy groups -OCH3 is 1. The molecule has 1 heterocycles. The van der Waals surface area contributed by atoms with Crippen molar-refractivity contribution >= 4 is 11.9 Å². The van der Waals surface area contributed by atoms with Crippen LogP contribution >= 0.6 is 0 Å². The Balaban J connectivity index is 1.87. The van der Waals surface area contributed by atoms with Gasteiger partial charge in [0.2, 0.25) is 5.91 Å². The minimum absolute atomic E-state index is 0.155. The van der Waals surface area contributed by atoms with Crippen LogP contribution in [0.1, 0.15) is 50.5 Å². The Labute approximate surface area is 143 Å². The highest BCUT2D eigenvalue weighted by molar-refractivity contribution is 5.77. The number of likely N-dealkylation sites (tertiary alicyclic amines) is 1. The highest BCUT2D eigenvalue weighted by Crippen LogP contribution is 2.25. The predicted octanol–water partition coefficient (Wildman–Crippen LogP) is 3.29. The molecule has 24 heavy (non-hydrogen) atoms. The minimum atomic E-state index is -0.758. The molecule has 0 aliphatic carbocycles. The molecule has 1 N–H and O–H groups in total. The van der Waals surface area contributed by atoms with E-state index in [2.05, 4.69) is 6.92 Å². The van der Waals surface area contributed by atoms with Gasteiger partial charge in [0.1, 0.15) is 5.75 Å². The van der Waals surface area contributed by atoms with Crippen LogP contribution in [0.2, 0.25) is 0 Å². The first-order chi connectivity index (χ1) is 11.5. The maximum atomic E-state index is 12.6. The van der Waals surface area contributed by atoms with Crippen molar-refractivity contribution in [2.75, 3.05) is 20.2 Å². The molecule has 0 unspecified atom stereocenters. The number of piperidine rings is 1. The Kier molecular flexibility index (Phi) is 6.64. The lowest BCUT2D eigenvalue weighted by atomic mass is 9.92. The second-order valence-electron chi connectivity index (χ2n) is 6.66. The van der Waals surface area contributed by atoms with Gasteiger partial charge in [-0.3, -0.25) is 9.59 Å². The number of carbonyl (C=O) groups is 2. The molecule has 1 aliphatic heterocycles. The molecule has 5 heteroatoms. The molecule has 1 aliphatic rings. The maximum absolute atomic E-state index is 12.6. The molecule has 1 fully saturated rings. The lowest BCUT2D eigenvalue weighted by Gasteiger charge is -2.33. The van der Waals surface area contributed by atoms with Crippen LogP contribution in [0.3, 0.4) is 0 Å². The fourth-order valence-corrected chi connectivity index (χ4v) is 3.30. The molecule has 0 spiro atoms. The second-order valence-corrected chi connectivity index (χ2v) is 6.66. The maximum Gasteiger partial charge on any atom is 0.303 e. The van der Waals surface area contributed by atoms with Crippen molar-refractivity contribution in [3.63, 3.8) is 0 Å². The largest absolute Gasteiger partial charge is 0.497 e. The fourth-order valence-electron chi connectivity index (χ4n) is 3.30. The normalized spacial score (nSPS) is 18.9. The molecule has 5 nitrogen and oxygen atoms in total. The van der Waals surface area contributed by atoms with Gasteiger partial charge in [0.25, 0.3) is 0 Å². The molecule has 0 aromatic heterocycles. The standard InChI is InChI=1S/C19H27NO4/c1-14(16-6-8-17(24-2)9-7-16)12-18(21)20-11-3-4-15(13-20)5-10-19(22)23/h6-9,14-15H,3-5,10-13H2,1-2H3,(H,22,23)/t14-,15+/m0/s1. The van der Waals surface area contributed by atoms with Crippen molar-refractivity contribution in [3.05, 3.63) is 29.8 Å². The molecule has 0 bridgehead atoms. The number of hydrogen-bond donors (Lipinski definition) is 1. The smallest absolute Gasteiger partial charge is 0.303 e. The van der Waals surface area contributed by atoms with Gasteiger partial charge in [0, 0.05) is 25.9 Å². The van der Waals surface area contributed by atoms with Crippen LogP contribution in [0.15, 0.2) is 24.3 Å². The summed E-state index contributed by atoms with van der Waals surface area (Å²) in [7, 11) is 1.64. The van der Waals surface area contributed by atoms with Crippen LogP contribution in [0, 0.1) is 5.92 Å². The van der Waals surface area contributed by atoms with E-state index in [0.29, 0.717) is 25.3 Å². The van der Waals surface area contributed by atoms with Gasteiger partial charge in [-0.25, -0.2) is 0 Å². The number of carboxylic acids is 1. The minimum Gasteiger partial charge on any atom is -0.497 e. The zero-order valence-corrected chi connectivity index (χ0v) is 14.5. The molecule has 2 rings (SSSR count). The van der Waals surface area contributed by atoms with Crippen LogP contribution in [0.5, 0.6) is 5.75 Å². The molecule has 1 saturated heterocycles. The van der Waals surface area contributed by atoms with E-state index in [1.165, 1.54) is 0 Å². The molecular formula is C19H27NO4. The molecular weight excluding hydrogens is 306 g/mol. The van der Waals surface area contributed by atoms with E-state index in [9.17, 15) is 9.59 Å². The number of nitrogens with zero attached hydrogens (tertiary/aromatic N) is 1. The van der Waals surface area contributed by atoms with Gasteiger partial charge in [0.05, 0.1) is 7.11 Å². The summed E-state index contributed by atoms with van der Waals surface area (Å²) in [6.45, 7) is 3.55. The average molecular weight is 333 g/mol. The molecule has 1 aromatic carbocycles. The summed E-state index contributed by atoms with van der Waals surface area (Å²) in [5.41, 5.74) is 1.13. The highest BCUT2D eigenvalue weighted by Gasteiger charge is 2.25. The number of amides is 1. The topological polar surface area (TPSA) is 66.8 Å². The van der Waals surface area contributed by atoms with E-state index < -0.39 is 5.97 Å². The predicted molar refractivity (Wildman–Crippen MR) is 92.2 cm³/mol. The fraction of sp³-hybridized carbons (Fsp3) is 0.579. The molecule has 0 radical (unpaired) electrons. The van der Waals surface area contributed by atoms with Crippen molar-refractivity contribution in [2.45, 2.75) is 44.9 Å². The SMILES string of the molecule is COc1ccc([C@@H](C)CC(=O)N2CCC[C@H](CCC(=O)O)C2)cc1. The van der Waals surface area contributed by atoms with Gasteiger partial charge >= 0.3 is 5.97 Å². The first-order valence-corrected chi connectivity index (χ1v) is 8.63. The van der Waals surface area contributed by atoms with Gasteiger partial charge in [-0.1, -0.05) is 19.1 Å². The summed E-state index contributed by atoms with van der Waals surface area (Å²) in [4.78, 5) is 25.2. The van der Waals surface area contributed by atoms with E-state index in [1.807, 2.05) is 29.2 Å². The quantitative estimate of drug-likeness (QED) is 0.831. The Morgan fingerprint density at radius 2 is 2.04 bits per heavy atom. The van der Waals surface area contributed by atoms with E-state index in [-0.39, 0.29) is 18.2 Å². The summed E-state index contributed by atoms with van der Waals surface area (Å²) in [5.74, 6) is 0.692. The highest BCUT2D eigenvalue weighted by atomic mass is 16.5. The molecule has 1 aromatic rings. The third-order valence-electron chi connectivity index (χ3n) is 4.80. The third kappa shape index (κ3) is 5.25. The van der Waals surface area contributed by atoms with E-state index >= 15 is 0 Å². The summed E-state index contributed by atoms with van der Waals surface area (Å²) < 4.78 is 5.16. The summed E-state index contributed by atoms with van der Waals surface area (Å²) in [5, 5.41) is 8.81. The number of rotatable bonds is 7. The first-order valence-electron chi connectivity index (χ1n) is 8.63. The number of hydrogen-bond acceptors (Lipinski definition) is 3. The Hall–Kier alpha value is -2.04. The van der Waals surface area contributed by atoms with Crippen molar-refractivity contribution in [1.82, 2.24) is 4.90 Å². The van der Waals surface area contributed by atoms with Crippen molar-refractivity contribution in [1.29, 1.82) is 0 Å². The first kappa shape index (κ1) is 18.3. The lowest BCUT2D eigenvalue weighted by Crippen LogP contribution is -2.40. The Morgan fingerprint density at radius 1 is 1.33 bits per heavy atom. The number of carbonyl (C=O) groups excluding carboxylic acids is 1. The number of carboxylic acid groups (broad SMARTS) is 1. The number of benzene rings is 1. The zero-order chi connectivity index (χ0) is 17.5. The zero-order valence-electron chi connectivity index (χ0n) is 14.5. The van der Waals surface area contributed by atoms with E-state index in [0.717, 1.165) is 30.7 Å². The molecule has 2 atom stereocenters. The molecule has 132 valence electrons. The van der Waals surface area contributed by atoms with Gasteiger partial charge in [0.15, 0.2) is 0 Å². The lowest BCUT2D eigenvalue weighted by molar-refractivity contribution is -0.137. The van der Waals surface area contributed by atoms with Crippen LogP contribution in [0.25, 0.3) is 0 Å². The summed E-state index contributed by atoms with van der Waals surface area (Å²) >= 11 is 0. The van der Waals surface area contributed by atoms with Crippen molar-refractivity contribution in [2.24, 2.45) is 5.92 Å². The van der Waals surface area contributed by atoms with Gasteiger partial charge in [-0.15, -0.1) is 0 Å². The monoisotopic (exact) mass is 333 g/mol. The van der Waals surface area contributed by atoms with Gasteiger partial charge < -0.3 is 14.7 Å². The number of aliphatic carboxylic acids is 1. The molecule has 0 saturated carbocycles. The Morgan fingerprint density at radius 3 is 2.67 bits per heavy atom. The van der Waals surface area contributed by atoms with Crippen molar-refractivity contribution in [3.8, 4) is 5.75 Å². The van der Waals surface area contributed by atoms with Gasteiger partial charge in [-0.2, -0.15) is 0 Å². The summed E-state index contributed by atoms with van der Waals surface area (Å²) in [6.07, 6.45) is 3.32. The number of ether oxygens (including phenoxy) is 1. The third-order valence-corrected chi connectivity index (χ3v) is 4.80. The molecule has 1 amide bonds. The van der Waals surface area contributed by atoms with E-state index in [1.54, 1.807) is 7.11 Å². The van der Waals surface area contributed by atoms with Crippen LogP contribution in [0.4, 0.5) is 0 Å². The second kappa shape index (κ2) is 8.71. The van der Waals surface area contributed by atoms with Crippen LogP contribution in [-0.4, -0.2) is 42.1 Å². The Bertz CT molecular complexity index is 555. The average Bonchev–Trinajstić information content (AvgIpc) is 2.60. The van der Waals surface area contributed by atoms with Gasteiger partial charge in [-0.05, 0) is 48.8 Å². The van der Waals surface area contributed by atoms with Crippen LogP contribution in [-0.2, 0) is 9.59 Å². The van der Waals surface area contributed by atoms with E-state index in [4.69, 9.17) is 9.84 Å².